The van der Waals surface area contributed by atoms with Gasteiger partial charge in [0, 0.05) is 23.0 Å². The van der Waals surface area contributed by atoms with E-state index in [-0.39, 0.29) is 5.03 Å². The van der Waals surface area contributed by atoms with Crippen molar-refractivity contribution in [3.63, 3.8) is 0 Å². The minimum Gasteiger partial charge on any atom is -0.465 e. The summed E-state index contributed by atoms with van der Waals surface area (Å²) in [5.41, 5.74) is -1.66. The van der Waals surface area contributed by atoms with Crippen LogP contribution in [0.1, 0.15) is 41.0 Å². The van der Waals surface area contributed by atoms with E-state index in [4.69, 9.17) is 25.8 Å². The normalized spacial score (nSPS) is 41.5. The van der Waals surface area contributed by atoms with Crippen molar-refractivity contribution in [1.82, 2.24) is 0 Å². The minimum atomic E-state index is -1.87. The van der Waals surface area contributed by atoms with Crippen molar-refractivity contribution in [2.24, 2.45) is 17.8 Å². The lowest BCUT2D eigenvalue weighted by atomic mass is 9.65. The predicted octanol–water partition coefficient (Wildman–Crippen LogP) is 2.87. The van der Waals surface area contributed by atoms with E-state index in [2.05, 4.69) is 0 Å². The van der Waals surface area contributed by atoms with E-state index in [1.165, 1.54) is 6.26 Å². The Morgan fingerprint density at radius 2 is 1.97 bits per heavy atom. The summed E-state index contributed by atoms with van der Waals surface area (Å²) < 4.78 is 17.2. The molecule has 3 aliphatic heterocycles. The zero-order valence-electron chi connectivity index (χ0n) is 18.1. The first kappa shape index (κ1) is 22.3. The molecule has 2 saturated heterocycles. The van der Waals surface area contributed by atoms with Crippen LogP contribution in [0.15, 0.2) is 46.4 Å². The largest absolute Gasteiger partial charge is 0.465 e. The van der Waals surface area contributed by atoms with Crippen LogP contribution in [-0.4, -0.2) is 45.1 Å². The molecule has 2 N–H and O–H groups in total. The number of hydrogen-bond acceptors (Lipinski definition) is 7. The van der Waals surface area contributed by atoms with Crippen molar-refractivity contribution in [2.45, 2.75) is 64.1 Å². The Bertz CT molecular complexity index is 974. The molecule has 0 aromatic heterocycles. The van der Waals surface area contributed by atoms with Gasteiger partial charge in [-0.3, -0.25) is 9.59 Å². The van der Waals surface area contributed by atoms with Crippen molar-refractivity contribution < 1.29 is 34.0 Å². The van der Waals surface area contributed by atoms with Crippen LogP contribution in [-0.2, 0) is 23.8 Å². The molecule has 7 atom stereocenters. The number of ketones is 1. The molecule has 0 radical (unpaired) electrons. The van der Waals surface area contributed by atoms with Gasteiger partial charge in [-0.1, -0.05) is 25.4 Å². The van der Waals surface area contributed by atoms with Gasteiger partial charge in [0.25, 0.3) is 0 Å². The lowest BCUT2D eigenvalue weighted by Gasteiger charge is -2.42. The minimum absolute atomic E-state index is 0.0576. The SMILES string of the molecule is CCC(C)(O)C=CC1=CC2=C(Cl)C(=O)[C@@]3(C)O[C@]4(O)[C@H](C)[C@@H](C)OC(=O)[C@@H]4[C@H]3C2=CO1. The van der Waals surface area contributed by atoms with Crippen molar-refractivity contribution in [3.05, 3.63) is 46.4 Å². The van der Waals surface area contributed by atoms with Crippen molar-refractivity contribution in [2.75, 3.05) is 0 Å². The van der Waals surface area contributed by atoms with Gasteiger partial charge in [-0.2, -0.15) is 0 Å². The van der Waals surface area contributed by atoms with Gasteiger partial charge in [-0.05, 0) is 45.4 Å². The average Bonchev–Trinajstić information content (AvgIpc) is 2.98. The zero-order valence-corrected chi connectivity index (χ0v) is 18.9. The number of hydrogen-bond donors (Lipinski definition) is 2. The van der Waals surface area contributed by atoms with Crippen molar-refractivity contribution >= 4 is 23.4 Å². The molecule has 0 saturated carbocycles. The predicted molar refractivity (Wildman–Crippen MR) is 111 cm³/mol. The van der Waals surface area contributed by atoms with E-state index in [9.17, 15) is 19.8 Å². The van der Waals surface area contributed by atoms with Crippen molar-refractivity contribution in [1.29, 1.82) is 0 Å². The Kier molecular flexibility index (Phi) is 5.05. The fourth-order valence-corrected chi connectivity index (χ4v) is 5.11. The molecule has 1 unspecified atom stereocenters. The molecule has 3 heterocycles. The Hall–Kier alpha value is -1.93. The number of halogens is 1. The Balaban J connectivity index is 1.79. The number of carbonyl (C=O) groups excluding carboxylic acids is 2. The molecule has 1 aliphatic carbocycles. The number of rotatable bonds is 3. The molecule has 0 amide bonds. The van der Waals surface area contributed by atoms with Crippen LogP contribution in [0, 0.1) is 17.8 Å². The summed E-state index contributed by atoms with van der Waals surface area (Å²) in [5.74, 6) is -5.11. The van der Waals surface area contributed by atoms with E-state index in [0.29, 0.717) is 23.3 Å². The summed E-state index contributed by atoms with van der Waals surface area (Å²) in [6, 6.07) is 0. The van der Waals surface area contributed by atoms with Gasteiger partial charge in [0.1, 0.15) is 23.4 Å². The third-order valence-corrected chi connectivity index (χ3v) is 7.50. The molecule has 31 heavy (non-hydrogen) atoms. The molecule has 2 fully saturated rings. The molecule has 0 aromatic rings. The summed E-state index contributed by atoms with van der Waals surface area (Å²) >= 11 is 6.46. The molecule has 4 aliphatic rings. The first-order valence-corrected chi connectivity index (χ1v) is 10.8. The van der Waals surface area contributed by atoms with E-state index >= 15 is 0 Å². The van der Waals surface area contributed by atoms with Crippen LogP contribution in [0.5, 0.6) is 0 Å². The van der Waals surface area contributed by atoms with Gasteiger partial charge < -0.3 is 24.4 Å². The van der Waals surface area contributed by atoms with Crippen molar-refractivity contribution in [3.8, 4) is 0 Å². The summed E-state index contributed by atoms with van der Waals surface area (Å²) in [5, 5.41) is 21.5. The smallest absolute Gasteiger partial charge is 0.315 e. The molecule has 8 heteroatoms. The number of allylic oxidation sites excluding steroid dienone is 3. The highest BCUT2D eigenvalue weighted by molar-refractivity contribution is 6.45. The third kappa shape index (κ3) is 3.13. The summed E-state index contributed by atoms with van der Waals surface area (Å²) in [6.07, 6.45) is 6.16. The Morgan fingerprint density at radius 3 is 2.61 bits per heavy atom. The van der Waals surface area contributed by atoms with Gasteiger partial charge in [0.05, 0.1) is 16.9 Å². The van der Waals surface area contributed by atoms with Gasteiger partial charge in [-0.15, -0.1) is 0 Å². The van der Waals surface area contributed by atoms with Crippen LogP contribution in [0.3, 0.4) is 0 Å². The fourth-order valence-electron chi connectivity index (χ4n) is 4.76. The lowest BCUT2D eigenvalue weighted by Crippen LogP contribution is -2.56. The maximum absolute atomic E-state index is 13.3. The van der Waals surface area contributed by atoms with Crippen LogP contribution >= 0.6 is 11.6 Å². The van der Waals surface area contributed by atoms with E-state index in [0.717, 1.165) is 0 Å². The van der Waals surface area contributed by atoms with Crippen LogP contribution in [0.25, 0.3) is 0 Å². The number of esters is 1. The van der Waals surface area contributed by atoms with E-state index in [1.54, 1.807) is 45.9 Å². The van der Waals surface area contributed by atoms with E-state index < -0.39 is 52.6 Å². The van der Waals surface area contributed by atoms with Crippen LogP contribution < -0.4 is 0 Å². The molecule has 7 nitrogen and oxygen atoms in total. The number of cyclic esters (lactones) is 1. The highest BCUT2D eigenvalue weighted by Gasteiger charge is 2.72. The third-order valence-electron chi connectivity index (χ3n) is 7.12. The van der Waals surface area contributed by atoms with Gasteiger partial charge in [0.15, 0.2) is 5.79 Å². The average molecular weight is 451 g/mol. The molecular formula is C23H27ClO7. The summed E-state index contributed by atoms with van der Waals surface area (Å²) in [6.45, 7) is 8.46. The second kappa shape index (κ2) is 7.04. The Labute approximate surface area is 186 Å². The van der Waals surface area contributed by atoms with E-state index in [1.807, 2.05) is 6.92 Å². The van der Waals surface area contributed by atoms with Crippen LogP contribution in [0.4, 0.5) is 0 Å². The second-order valence-electron chi connectivity index (χ2n) is 9.19. The maximum Gasteiger partial charge on any atom is 0.315 e. The van der Waals surface area contributed by atoms with Gasteiger partial charge in [0.2, 0.25) is 5.78 Å². The van der Waals surface area contributed by atoms with Gasteiger partial charge >= 0.3 is 5.97 Å². The topological polar surface area (TPSA) is 102 Å². The molecule has 168 valence electrons. The zero-order chi connectivity index (χ0) is 22.9. The van der Waals surface area contributed by atoms with Gasteiger partial charge in [-0.25, -0.2) is 0 Å². The standard InChI is InChI=1S/C23H27ClO7/c1-6-21(4,27)8-7-13-9-14-15(10-29-13)16-17-20(26)30-12(3)11(2)23(17,28)31-22(16,5)19(25)18(14)24/h7-12,16-17,27-28H,6H2,1-5H3/t11-,12-,16-,17+,21?,22+,23-/m1/s1. The Morgan fingerprint density at radius 1 is 1.29 bits per heavy atom. The molecule has 0 aromatic carbocycles. The molecule has 0 bridgehead atoms. The number of carbonyl (C=O) groups is 2. The summed E-state index contributed by atoms with van der Waals surface area (Å²) in [4.78, 5) is 26.2. The first-order valence-electron chi connectivity index (χ1n) is 10.4. The number of fused-ring (bicyclic) bond motifs is 5. The fraction of sp³-hybridized carbons (Fsp3) is 0.565. The maximum atomic E-state index is 13.3. The second-order valence-corrected chi connectivity index (χ2v) is 9.56. The molecule has 4 rings (SSSR count). The number of Topliss-reactive ketones (excluding diaryl/α,β-unsaturated/α-hetero) is 1. The summed E-state index contributed by atoms with van der Waals surface area (Å²) in [7, 11) is 0. The highest BCUT2D eigenvalue weighted by Crippen LogP contribution is 2.60. The first-order chi connectivity index (χ1) is 14.4. The highest BCUT2D eigenvalue weighted by atomic mass is 35.5. The quantitative estimate of drug-likeness (QED) is 0.637. The molecular weight excluding hydrogens is 424 g/mol. The lowest BCUT2D eigenvalue weighted by molar-refractivity contribution is -0.286. The molecule has 0 spiro atoms. The monoisotopic (exact) mass is 450 g/mol. The number of aliphatic hydroxyl groups is 2. The van der Waals surface area contributed by atoms with Crippen LogP contribution in [0.2, 0.25) is 0 Å². The number of ether oxygens (including phenoxy) is 3.